The van der Waals surface area contributed by atoms with Crippen LogP contribution < -0.4 is 9.47 Å². The smallest absolute Gasteiger partial charge is 0.231 e. The molecule has 2 aromatic rings. The number of rotatable bonds is 5. The molecule has 0 saturated carbocycles. The number of aliphatic hydroxyl groups excluding tert-OH is 1. The number of nitrogens with zero attached hydrogens (tertiary/aromatic N) is 1. The Kier molecular flexibility index (Phi) is 4.41. The van der Waals surface area contributed by atoms with Crippen LogP contribution in [0.25, 0.3) is 0 Å². The van der Waals surface area contributed by atoms with Crippen molar-refractivity contribution >= 4 is 0 Å². The third-order valence-electron chi connectivity index (χ3n) is 4.94. The average molecular weight is 325 g/mol. The van der Waals surface area contributed by atoms with Gasteiger partial charge in [-0.2, -0.15) is 0 Å². The summed E-state index contributed by atoms with van der Waals surface area (Å²) in [4.78, 5) is 2.52. The lowest BCUT2D eigenvalue weighted by molar-refractivity contribution is 0.174. The minimum atomic E-state index is 0.118. The first kappa shape index (κ1) is 15.5. The summed E-state index contributed by atoms with van der Waals surface area (Å²) in [5.74, 6) is 2.43. The zero-order valence-corrected chi connectivity index (χ0v) is 13.8. The van der Waals surface area contributed by atoms with Gasteiger partial charge in [-0.25, -0.2) is 0 Å². The molecule has 2 aromatic carbocycles. The van der Waals surface area contributed by atoms with E-state index in [9.17, 15) is 0 Å². The van der Waals surface area contributed by atoms with Gasteiger partial charge in [0.05, 0.1) is 6.61 Å². The van der Waals surface area contributed by atoms with E-state index in [1.54, 1.807) is 0 Å². The molecular weight excluding hydrogens is 302 g/mol. The van der Waals surface area contributed by atoms with Crippen LogP contribution in [-0.2, 0) is 19.6 Å². The minimum absolute atomic E-state index is 0.118. The van der Waals surface area contributed by atoms with E-state index >= 15 is 0 Å². The molecule has 2 aliphatic heterocycles. The highest BCUT2D eigenvalue weighted by Crippen LogP contribution is 2.33. The van der Waals surface area contributed by atoms with Crippen LogP contribution in [0.5, 0.6) is 11.5 Å². The number of hydrogen-bond donors (Lipinski definition) is 1. The summed E-state index contributed by atoms with van der Waals surface area (Å²) in [6.45, 7) is 3.70. The largest absolute Gasteiger partial charge is 0.454 e. The Morgan fingerprint density at radius 1 is 0.958 bits per heavy atom. The maximum atomic E-state index is 9.12. The fraction of sp³-hybridized carbons (Fsp3) is 0.400. The molecule has 2 aliphatic rings. The molecule has 1 N–H and O–H groups in total. The molecule has 4 nitrogen and oxygen atoms in total. The van der Waals surface area contributed by atoms with Crippen LogP contribution in [0.1, 0.15) is 23.1 Å². The lowest BCUT2D eigenvalue weighted by atomic mass is 9.98. The summed E-state index contributed by atoms with van der Waals surface area (Å²) in [6, 6.07) is 14.6. The average Bonchev–Trinajstić information content (AvgIpc) is 3.24. The number of likely N-dealkylation sites (tertiary alicyclic amines) is 1. The first-order valence-corrected chi connectivity index (χ1v) is 8.60. The molecule has 1 saturated heterocycles. The quantitative estimate of drug-likeness (QED) is 0.918. The highest BCUT2D eigenvalue weighted by atomic mass is 16.7. The van der Waals surface area contributed by atoms with Gasteiger partial charge >= 0.3 is 0 Å². The van der Waals surface area contributed by atoms with Crippen molar-refractivity contribution in [3.8, 4) is 11.5 Å². The van der Waals surface area contributed by atoms with Gasteiger partial charge in [-0.15, -0.1) is 0 Å². The van der Waals surface area contributed by atoms with Crippen LogP contribution in [-0.4, -0.2) is 29.9 Å². The van der Waals surface area contributed by atoms with Gasteiger partial charge in [-0.3, -0.25) is 4.90 Å². The fourth-order valence-electron chi connectivity index (χ4n) is 3.63. The number of benzene rings is 2. The molecule has 4 heteroatoms. The molecule has 4 rings (SSSR count). The molecule has 0 aliphatic carbocycles. The monoisotopic (exact) mass is 325 g/mol. The lowest BCUT2D eigenvalue weighted by Crippen LogP contribution is -2.20. The van der Waals surface area contributed by atoms with Gasteiger partial charge in [0.25, 0.3) is 0 Å². The van der Waals surface area contributed by atoms with Gasteiger partial charge in [0, 0.05) is 13.1 Å². The molecule has 24 heavy (non-hydrogen) atoms. The van der Waals surface area contributed by atoms with Crippen molar-refractivity contribution < 1.29 is 14.6 Å². The normalized spacial score (nSPS) is 19.8. The van der Waals surface area contributed by atoms with Crippen LogP contribution in [0, 0.1) is 5.92 Å². The van der Waals surface area contributed by atoms with Gasteiger partial charge in [-0.05, 0) is 54.1 Å². The second-order valence-corrected chi connectivity index (χ2v) is 6.76. The van der Waals surface area contributed by atoms with Crippen molar-refractivity contribution in [2.24, 2.45) is 5.92 Å². The topological polar surface area (TPSA) is 41.9 Å². The third kappa shape index (κ3) is 3.40. The molecular formula is C20H23NO3. The zero-order chi connectivity index (χ0) is 16.4. The van der Waals surface area contributed by atoms with Crippen molar-refractivity contribution in [1.82, 2.24) is 4.90 Å². The standard InChI is InChI=1S/C20H23NO3/c22-13-16-3-1-15(2-4-16)9-18-7-8-21(12-18)11-17-5-6-19-20(10-17)24-14-23-19/h1-6,10,18,22H,7-9,11-14H2/t18-/m1/s1. The van der Waals surface area contributed by atoms with E-state index in [0.29, 0.717) is 12.7 Å². The van der Waals surface area contributed by atoms with E-state index in [1.165, 1.54) is 17.5 Å². The molecule has 0 aromatic heterocycles. The van der Waals surface area contributed by atoms with Crippen LogP contribution >= 0.6 is 0 Å². The molecule has 126 valence electrons. The Bertz CT molecular complexity index is 699. The number of fused-ring (bicyclic) bond motifs is 1. The van der Waals surface area contributed by atoms with Crippen molar-refractivity contribution in [2.45, 2.75) is 26.0 Å². The minimum Gasteiger partial charge on any atom is -0.454 e. The molecule has 0 bridgehead atoms. The second kappa shape index (κ2) is 6.83. The summed E-state index contributed by atoms with van der Waals surface area (Å²) >= 11 is 0. The van der Waals surface area contributed by atoms with E-state index in [-0.39, 0.29) is 6.61 Å². The number of ether oxygens (including phenoxy) is 2. The van der Waals surface area contributed by atoms with Crippen molar-refractivity contribution in [2.75, 3.05) is 19.9 Å². The molecule has 1 fully saturated rings. The highest BCUT2D eigenvalue weighted by Gasteiger charge is 2.23. The van der Waals surface area contributed by atoms with E-state index < -0.39 is 0 Å². The molecule has 0 amide bonds. The van der Waals surface area contributed by atoms with Crippen LogP contribution in [0.2, 0.25) is 0 Å². The highest BCUT2D eigenvalue weighted by molar-refractivity contribution is 5.44. The van der Waals surface area contributed by atoms with E-state index in [4.69, 9.17) is 14.6 Å². The van der Waals surface area contributed by atoms with E-state index in [1.807, 2.05) is 18.2 Å². The molecule has 0 spiro atoms. The summed E-state index contributed by atoms with van der Waals surface area (Å²) in [5.41, 5.74) is 3.63. The molecule has 0 radical (unpaired) electrons. The Labute approximate surface area is 142 Å². The Hall–Kier alpha value is -2.04. The summed E-state index contributed by atoms with van der Waals surface area (Å²) in [5, 5.41) is 9.12. The maximum absolute atomic E-state index is 9.12. The van der Waals surface area contributed by atoms with Crippen molar-refractivity contribution in [3.63, 3.8) is 0 Å². The zero-order valence-electron chi connectivity index (χ0n) is 13.8. The van der Waals surface area contributed by atoms with E-state index in [2.05, 4.69) is 29.2 Å². The maximum Gasteiger partial charge on any atom is 0.231 e. The van der Waals surface area contributed by atoms with Crippen LogP contribution in [0.15, 0.2) is 42.5 Å². The van der Waals surface area contributed by atoms with Gasteiger partial charge in [0.1, 0.15) is 0 Å². The van der Waals surface area contributed by atoms with Gasteiger partial charge in [0.15, 0.2) is 11.5 Å². The first-order chi connectivity index (χ1) is 11.8. The molecule has 2 heterocycles. The summed E-state index contributed by atoms with van der Waals surface area (Å²) in [7, 11) is 0. The number of aliphatic hydroxyl groups is 1. The van der Waals surface area contributed by atoms with Crippen LogP contribution in [0.4, 0.5) is 0 Å². The van der Waals surface area contributed by atoms with Crippen molar-refractivity contribution in [3.05, 3.63) is 59.2 Å². The lowest BCUT2D eigenvalue weighted by Gasteiger charge is -2.16. The fourth-order valence-corrected chi connectivity index (χ4v) is 3.63. The first-order valence-electron chi connectivity index (χ1n) is 8.60. The Balaban J connectivity index is 1.32. The van der Waals surface area contributed by atoms with Gasteiger partial charge in [-0.1, -0.05) is 30.3 Å². The number of hydrogen-bond acceptors (Lipinski definition) is 4. The predicted molar refractivity (Wildman–Crippen MR) is 92.0 cm³/mol. The van der Waals surface area contributed by atoms with E-state index in [0.717, 1.165) is 43.1 Å². The second-order valence-electron chi connectivity index (χ2n) is 6.76. The van der Waals surface area contributed by atoms with Gasteiger partial charge in [0.2, 0.25) is 6.79 Å². The summed E-state index contributed by atoms with van der Waals surface area (Å²) in [6.07, 6.45) is 2.36. The Morgan fingerprint density at radius 3 is 2.54 bits per heavy atom. The molecule has 1 atom stereocenters. The van der Waals surface area contributed by atoms with Crippen LogP contribution in [0.3, 0.4) is 0 Å². The van der Waals surface area contributed by atoms with Gasteiger partial charge < -0.3 is 14.6 Å². The summed E-state index contributed by atoms with van der Waals surface area (Å²) < 4.78 is 10.8. The Morgan fingerprint density at radius 2 is 1.71 bits per heavy atom. The predicted octanol–water partition coefficient (Wildman–Crippen LogP) is 2.97. The SMILES string of the molecule is OCc1ccc(C[C@H]2CCN(Cc3ccc4c(c3)OCO4)C2)cc1. The molecule has 0 unspecified atom stereocenters. The van der Waals surface area contributed by atoms with Crippen molar-refractivity contribution in [1.29, 1.82) is 0 Å². The third-order valence-corrected chi connectivity index (χ3v) is 4.94.